The van der Waals surface area contributed by atoms with Gasteiger partial charge >= 0.3 is 10.1 Å². The summed E-state index contributed by atoms with van der Waals surface area (Å²) in [4.78, 5) is 4.03. The molecule has 12 heavy (non-hydrogen) atoms. The van der Waals surface area contributed by atoms with E-state index in [1.807, 2.05) is 18.2 Å². The van der Waals surface area contributed by atoms with Crippen LogP contribution >= 0.6 is 0 Å². The van der Waals surface area contributed by atoms with Gasteiger partial charge in [0.2, 0.25) is 0 Å². The van der Waals surface area contributed by atoms with Crippen molar-refractivity contribution in [1.29, 1.82) is 0 Å². The fraction of sp³-hybridized carbons (Fsp3) is 0. The third kappa shape index (κ3) is 1.29. The van der Waals surface area contributed by atoms with E-state index in [0.717, 1.165) is 5.39 Å². The second kappa shape index (κ2) is 3.33. The van der Waals surface area contributed by atoms with Gasteiger partial charge < -0.3 is 7.96 Å². The van der Waals surface area contributed by atoms with Gasteiger partial charge in [-0.3, -0.25) is 4.98 Å². The number of nitrogens with zero attached hydrogens (tertiary/aromatic N) is 1. The van der Waals surface area contributed by atoms with Crippen LogP contribution in [-0.4, -0.2) is 20.2 Å². The van der Waals surface area contributed by atoms with E-state index in [1.54, 1.807) is 18.3 Å². The Morgan fingerprint density at radius 2 is 1.92 bits per heavy atom. The third-order valence-corrected chi connectivity index (χ3v) is 1.61. The second-order valence-corrected chi connectivity index (χ2v) is 2.35. The van der Waals surface area contributed by atoms with E-state index in [-0.39, 0.29) is 18.7 Å². The van der Waals surface area contributed by atoms with Crippen LogP contribution in [0.2, 0.25) is 0 Å². The normalized spacial score (nSPS) is 9.33. The van der Waals surface area contributed by atoms with Crippen LogP contribution in [0.15, 0.2) is 36.5 Å². The number of aromatic hydroxyl groups is 1. The SMILES string of the molecule is Oc1cccc2cccnc12.[Be+2].[H-].[H-]. The van der Waals surface area contributed by atoms with Crippen LogP contribution in [-0.2, 0) is 0 Å². The first-order chi connectivity index (χ1) is 5.38. The Morgan fingerprint density at radius 3 is 2.67 bits per heavy atom. The maximum Gasteiger partial charge on any atom is 2.00 e. The van der Waals surface area contributed by atoms with Crippen molar-refractivity contribution in [2.75, 3.05) is 0 Å². The van der Waals surface area contributed by atoms with Gasteiger partial charge in [0.15, 0.2) is 0 Å². The van der Waals surface area contributed by atoms with Crippen molar-refractivity contribution >= 4 is 21.0 Å². The van der Waals surface area contributed by atoms with Gasteiger partial charge in [-0.05, 0) is 12.1 Å². The Morgan fingerprint density at radius 1 is 1.17 bits per heavy atom. The van der Waals surface area contributed by atoms with E-state index in [2.05, 4.69) is 4.98 Å². The zero-order chi connectivity index (χ0) is 7.68. The van der Waals surface area contributed by atoms with Crippen LogP contribution in [0.5, 0.6) is 5.75 Å². The minimum atomic E-state index is 0. The van der Waals surface area contributed by atoms with Crippen molar-refractivity contribution in [3.05, 3.63) is 36.5 Å². The van der Waals surface area contributed by atoms with Gasteiger partial charge in [-0.15, -0.1) is 0 Å². The monoisotopic (exact) mass is 156 g/mol. The molecule has 0 fully saturated rings. The number of phenolic OH excluding ortho intramolecular Hbond substituents is 1. The van der Waals surface area contributed by atoms with Crippen molar-refractivity contribution in [2.45, 2.75) is 0 Å². The molecule has 0 saturated carbocycles. The van der Waals surface area contributed by atoms with Crippen LogP contribution in [0.4, 0.5) is 0 Å². The first kappa shape index (κ1) is 8.69. The first-order valence-electron chi connectivity index (χ1n) is 3.40. The van der Waals surface area contributed by atoms with Crippen molar-refractivity contribution in [1.82, 2.24) is 4.98 Å². The van der Waals surface area contributed by atoms with Gasteiger partial charge in [0.05, 0.1) is 0 Å². The largest absolute Gasteiger partial charge is 2.00 e. The molecular formula is C9H9BeNO. The van der Waals surface area contributed by atoms with E-state index in [9.17, 15) is 5.11 Å². The van der Waals surface area contributed by atoms with E-state index in [1.165, 1.54) is 0 Å². The maximum absolute atomic E-state index is 9.31. The molecule has 0 bridgehead atoms. The van der Waals surface area contributed by atoms with Crippen LogP contribution in [0.1, 0.15) is 2.85 Å². The molecule has 0 atom stereocenters. The summed E-state index contributed by atoms with van der Waals surface area (Å²) in [7, 11) is 0. The average molecular weight is 156 g/mol. The molecule has 0 saturated heterocycles. The molecule has 0 spiro atoms. The maximum atomic E-state index is 9.31. The van der Waals surface area contributed by atoms with Crippen molar-refractivity contribution < 1.29 is 7.96 Å². The molecule has 0 unspecified atom stereocenters. The summed E-state index contributed by atoms with van der Waals surface area (Å²) in [6, 6.07) is 9.13. The first-order valence-corrected chi connectivity index (χ1v) is 3.40. The summed E-state index contributed by atoms with van der Waals surface area (Å²) >= 11 is 0. The molecule has 2 rings (SSSR count). The summed E-state index contributed by atoms with van der Waals surface area (Å²) in [5.41, 5.74) is 0.662. The molecule has 58 valence electrons. The number of hydrogen-bond donors (Lipinski definition) is 1. The zero-order valence-corrected chi connectivity index (χ0v) is 6.57. The van der Waals surface area contributed by atoms with E-state index in [4.69, 9.17) is 0 Å². The van der Waals surface area contributed by atoms with E-state index in [0.29, 0.717) is 5.52 Å². The summed E-state index contributed by atoms with van der Waals surface area (Å²) in [5, 5.41) is 10.3. The number of aromatic nitrogens is 1. The van der Waals surface area contributed by atoms with Crippen molar-refractivity contribution in [3.63, 3.8) is 0 Å². The zero-order valence-electron chi connectivity index (χ0n) is 8.57. The van der Waals surface area contributed by atoms with Crippen LogP contribution in [0.3, 0.4) is 0 Å². The van der Waals surface area contributed by atoms with Crippen molar-refractivity contribution in [3.8, 4) is 5.75 Å². The fourth-order valence-corrected chi connectivity index (χ4v) is 1.09. The number of para-hydroxylation sites is 1. The molecule has 0 amide bonds. The quantitative estimate of drug-likeness (QED) is 0.590. The van der Waals surface area contributed by atoms with Gasteiger partial charge in [-0.25, -0.2) is 0 Å². The Hall–Kier alpha value is -1.40. The van der Waals surface area contributed by atoms with Gasteiger partial charge in [-0.2, -0.15) is 0 Å². The average Bonchev–Trinajstić information content (AvgIpc) is 2.06. The van der Waals surface area contributed by atoms with Gasteiger partial charge in [0, 0.05) is 11.6 Å². The Bertz CT molecular complexity index is 392. The van der Waals surface area contributed by atoms with E-state index < -0.39 is 0 Å². The minimum Gasteiger partial charge on any atom is -1.00 e. The summed E-state index contributed by atoms with van der Waals surface area (Å²) in [5.74, 6) is 0.239. The molecule has 0 aliphatic heterocycles. The molecule has 0 aliphatic carbocycles. The molecule has 2 nitrogen and oxygen atoms in total. The third-order valence-electron chi connectivity index (χ3n) is 1.61. The summed E-state index contributed by atoms with van der Waals surface area (Å²) in [6.45, 7) is 0. The van der Waals surface area contributed by atoms with Crippen LogP contribution in [0, 0.1) is 0 Å². The molecule has 1 N–H and O–H groups in total. The summed E-state index contributed by atoms with van der Waals surface area (Å²) < 4.78 is 0. The predicted octanol–water partition coefficient (Wildman–Crippen LogP) is 1.78. The van der Waals surface area contributed by atoms with E-state index >= 15 is 0 Å². The number of hydrogen-bond acceptors (Lipinski definition) is 2. The van der Waals surface area contributed by atoms with Gasteiger partial charge in [0.25, 0.3) is 0 Å². The Labute approximate surface area is 77.1 Å². The van der Waals surface area contributed by atoms with Crippen molar-refractivity contribution in [2.24, 2.45) is 0 Å². The standard InChI is InChI=1S/C9H7NO.Be.2H/c11-8-5-1-3-7-4-2-6-10-9(7)8;;;/h1-6,11H;;;/q;+2;2*-1. The molecule has 0 radical (unpaired) electrons. The summed E-state index contributed by atoms with van der Waals surface area (Å²) in [6.07, 6.45) is 1.67. The molecule has 0 aliphatic rings. The molecular weight excluding hydrogens is 147 g/mol. The smallest absolute Gasteiger partial charge is 1.00 e. The Balaban J connectivity index is 0. The van der Waals surface area contributed by atoms with Gasteiger partial charge in [0.1, 0.15) is 11.3 Å². The molecule has 1 heterocycles. The Kier molecular flexibility index (Phi) is 2.41. The topological polar surface area (TPSA) is 33.1 Å². The van der Waals surface area contributed by atoms with Crippen LogP contribution < -0.4 is 0 Å². The number of rotatable bonds is 0. The number of phenols is 1. The van der Waals surface area contributed by atoms with Gasteiger partial charge in [-0.1, -0.05) is 18.2 Å². The number of fused-ring (bicyclic) bond motifs is 1. The minimum absolute atomic E-state index is 0. The fourth-order valence-electron chi connectivity index (χ4n) is 1.09. The number of pyridine rings is 1. The predicted molar refractivity (Wildman–Crippen MR) is 51.4 cm³/mol. The van der Waals surface area contributed by atoms with Crippen LogP contribution in [0.25, 0.3) is 10.9 Å². The molecule has 1 aromatic carbocycles. The number of benzene rings is 1. The second-order valence-electron chi connectivity index (χ2n) is 2.35. The molecule has 1 aromatic heterocycles. The molecule has 2 aromatic rings. The molecule has 3 heteroatoms.